The molecule has 4 rings (SSSR count). The standard InChI is InChI=1S/C18H24O3/c1-18-9-15(20)17-12-5-3-11(19)8-10(12)2-4-13(17)14(18)6-7-16(18)21/h8,12-15,17,20H,2-7,9H2,1H3/t12?,13?,14?,15?,17?,18-/m0/s1. The van der Waals surface area contributed by atoms with Crippen LogP contribution in [0, 0.1) is 29.1 Å². The maximum atomic E-state index is 12.3. The van der Waals surface area contributed by atoms with Crippen molar-refractivity contribution in [3.05, 3.63) is 11.6 Å². The zero-order valence-corrected chi connectivity index (χ0v) is 12.7. The molecule has 0 aromatic heterocycles. The van der Waals surface area contributed by atoms with Crippen molar-refractivity contribution in [2.45, 2.75) is 58.0 Å². The largest absolute Gasteiger partial charge is 0.393 e. The third-order valence-electron chi connectivity index (χ3n) is 6.98. The van der Waals surface area contributed by atoms with Gasteiger partial charge in [-0.3, -0.25) is 9.59 Å². The van der Waals surface area contributed by atoms with Gasteiger partial charge in [0.2, 0.25) is 0 Å². The van der Waals surface area contributed by atoms with Gasteiger partial charge < -0.3 is 5.11 Å². The molecule has 0 aromatic rings. The molecule has 0 spiro atoms. The first kappa shape index (κ1) is 13.7. The van der Waals surface area contributed by atoms with Gasteiger partial charge in [-0.1, -0.05) is 12.5 Å². The minimum absolute atomic E-state index is 0.255. The van der Waals surface area contributed by atoms with Gasteiger partial charge in [0.15, 0.2) is 5.78 Å². The number of ketones is 2. The van der Waals surface area contributed by atoms with Crippen LogP contribution in [0.25, 0.3) is 0 Å². The SMILES string of the molecule is C[C@]12CC(O)C3C4CCC(=O)C=C4CCC3C1CCC2=O. The topological polar surface area (TPSA) is 54.4 Å². The number of Topliss-reactive ketones (excluding diaryl/α,β-unsaturated/α-hetero) is 1. The van der Waals surface area contributed by atoms with Gasteiger partial charge in [0.1, 0.15) is 5.78 Å². The number of fused-ring (bicyclic) bond motifs is 5. The van der Waals surface area contributed by atoms with Crippen LogP contribution >= 0.6 is 0 Å². The van der Waals surface area contributed by atoms with Crippen LogP contribution in [-0.2, 0) is 9.59 Å². The summed E-state index contributed by atoms with van der Waals surface area (Å²) in [6, 6.07) is 0. The van der Waals surface area contributed by atoms with Gasteiger partial charge in [-0.2, -0.15) is 0 Å². The lowest BCUT2D eigenvalue weighted by molar-refractivity contribution is -0.140. The maximum Gasteiger partial charge on any atom is 0.155 e. The predicted molar refractivity (Wildman–Crippen MR) is 78.5 cm³/mol. The zero-order chi connectivity index (χ0) is 14.8. The molecule has 0 bridgehead atoms. The molecule has 3 nitrogen and oxygen atoms in total. The number of aliphatic hydroxyl groups excluding tert-OH is 1. The van der Waals surface area contributed by atoms with E-state index in [0.717, 1.165) is 25.7 Å². The molecule has 0 heterocycles. The van der Waals surface area contributed by atoms with E-state index in [0.29, 0.717) is 42.8 Å². The Morgan fingerprint density at radius 1 is 1.14 bits per heavy atom. The first-order valence-electron chi connectivity index (χ1n) is 8.45. The fraction of sp³-hybridized carbons (Fsp3) is 0.778. The first-order valence-corrected chi connectivity index (χ1v) is 8.45. The average molecular weight is 288 g/mol. The molecular formula is C18H24O3. The molecule has 0 amide bonds. The Morgan fingerprint density at radius 3 is 2.76 bits per heavy atom. The molecule has 0 aliphatic heterocycles. The summed E-state index contributed by atoms with van der Waals surface area (Å²) < 4.78 is 0. The summed E-state index contributed by atoms with van der Waals surface area (Å²) in [5.74, 6) is 2.22. The van der Waals surface area contributed by atoms with Crippen molar-refractivity contribution in [2.75, 3.05) is 0 Å². The lowest BCUT2D eigenvalue weighted by Crippen LogP contribution is -2.53. The molecule has 3 saturated carbocycles. The van der Waals surface area contributed by atoms with Crippen LogP contribution < -0.4 is 0 Å². The van der Waals surface area contributed by atoms with Crippen molar-refractivity contribution >= 4 is 11.6 Å². The van der Waals surface area contributed by atoms with Gasteiger partial charge in [0.05, 0.1) is 6.10 Å². The molecule has 5 unspecified atom stereocenters. The normalized spacial score (nSPS) is 49.2. The van der Waals surface area contributed by atoms with Crippen LogP contribution in [-0.4, -0.2) is 22.8 Å². The van der Waals surface area contributed by atoms with E-state index in [9.17, 15) is 14.7 Å². The molecule has 0 radical (unpaired) electrons. The second kappa shape index (κ2) is 4.52. The second-order valence-electron chi connectivity index (χ2n) is 7.87. The number of allylic oxidation sites excluding steroid dienone is 1. The van der Waals surface area contributed by atoms with Gasteiger partial charge in [-0.15, -0.1) is 0 Å². The predicted octanol–water partition coefficient (Wildman–Crippen LogP) is 2.67. The van der Waals surface area contributed by atoms with Crippen LogP contribution in [0.5, 0.6) is 0 Å². The van der Waals surface area contributed by atoms with E-state index >= 15 is 0 Å². The molecular weight excluding hydrogens is 264 g/mol. The molecule has 21 heavy (non-hydrogen) atoms. The van der Waals surface area contributed by atoms with Crippen molar-refractivity contribution in [2.24, 2.45) is 29.1 Å². The number of carbonyl (C=O) groups excluding carboxylic acids is 2. The molecule has 6 atom stereocenters. The van der Waals surface area contributed by atoms with Gasteiger partial charge in [0.25, 0.3) is 0 Å². The van der Waals surface area contributed by atoms with E-state index in [1.54, 1.807) is 0 Å². The average Bonchev–Trinajstić information content (AvgIpc) is 2.74. The Morgan fingerprint density at radius 2 is 1.95 bits per heavy atom. The van der Waals surface area contributed by atoms with Gasteiger partial charge >= 0.3 is 0 Å². The molecule has 3 fully saturated rings. The van der Waals surface area contributed by atoms with Gasteiger partial charge in [-0.05, 0) is 61.9 Å². The van der Waals surface area contributed by atoms with E-state index in [1.807, 2.05) is 6.08 Å². The zero-order valence-electron chi connectivity index (χ0n) is 12.7. The number of hydrogen-bond acceptors (Lipinski definition) is 3. The van der Waals surface area contributed by atoms with Crippen LogP contribution in [0.15, 0.2) is 11.6 Å². The highest BCUT2D eigenvalue weighted by atomic mass is 16.3. The fourth-order valence-corrected chi connectivity index (χ4v) is 6.03. The Labute approximate surface area is 125 Å². The third kappa shape index (κ3) is 1.82. The van der Waals surface area contributed by atoms with Crippen molar-refractivity contribution in [3.8, 4) is 0 Å². The maximum absolute atomic E-state index is 12.3. The Balaban J connectivity index is 1.70. The van der Waals surface area contributed by atoms with E-state index < -0.39 is 0 Å². The number of hydrogen-bond donors (Lipinski definition) is 1. The Hall–Kier alpha value is -0.960. The second-order valence-corrected chi connectivity index (χ2v) is 7.87. The number of rotatable bonds is 0. The summed E-state index contributed by atoms with van der Waals surface area (Å²) in [6.45, 7) is 2.09. The summed E-state index contributed by atoms with van der Waals surface area (Å²) in [7, 11) is 0. The summed E-state index contributed by atoms with van der Waals surface area (Å²) in [5, 5.41) is 10.8. The molecule has 0 saturated heterocycles. The molecule has 4 aliphatic carbocycles. The Bertz CT molecular complexity index is 535. The summed E-state index contributed by atoms with van der Waals surface area (Å²) in [6.07, 6.45) is 7.39. The highest BCUT2D eigenvalue weighted by molar-refractivity contribution is 5.91. The van der Waals surface area contributed by atoms with Crippen LogP contribution in [0.2, 0.25) is 0 Å². The summed E-state index contributed by atoms with van der Waals surface area (Å²) >= 11 is 0. The van der Waals surface area contributed by atoms with E-state index in [1.165, 1.54) is 5.57 Å². The van der Waals surface area contributed by atoms with Crippen LogP contribution in [0.4, 0.5) is 0 Å². The van der Waals surface area contributed by atoms with Crippen molar-refractivity contribution < 1.29 is 14.7 Å². The first-order chi connectivity index (χ1) is 10.0. The molecule has 3 heteroatoms. The number of carbonyl (C=O) groups is 2. The van der Waals surface area contributed by atoms with Crippen LogP contribution in [0.1, 0.15) is 51.9 Å². The third-order valence-corrected chi connectivity index (χ3v) is 6.98. The minimum Gasteiger partial charge on any atom is -0.393 e. The van der Waals surface area contributed by atoms with E-state index in [-0.39, 0.29) is 23.2 Å². The Kier molecular flexibility index (Phi) is 2.94. The molecule has 0 aromatic carbocycles. The number of aliphatic hydroxyl groups is 1. The highest BCUT2D eigenvalue weighted by Crippen LogP contribution is 2.60. The lowest BCUT2D eigenvalue weighted by Gasteiger charge is -2.54. The smallest absolute Gasteiger partial charge is 0.155 e. The van der Waals surface area contributed by atoms with Crippen molar-refractivity contribution in [1.29, 1.82) is 0 Å². The van der Waals surface area contributed by atoms with Gasteiger partial charge in [0, 0.05) is 18.3 Å². The van der Waals surface area contributed by atoms with E-state index in [2.05, 4.69) is 6.92 Å². The fourth-order valence-electron chi connectivity index (χ4n) is 6.03. The van der Waals surface area contributed by atoms with Crippen molar-refractivity contribution in [3.63, 3.8) is 0 Å². The van der Waals surface area contributed by atoms with Crippen molar-refractivity contribution in [1.82, 2.24) is 0 Å². The summed E-state index contributed by atoms with van der Waals surface area (Å²) in [4.78, 5) is 24.0. The minimum atomic E-state index is -0.375. The highest BCUT2D eigenvalue weighted by Gasteiger charge is 2.59. The molecule has 1 N–H and O–H groups in total. The van der Waals surface area contributed by atoms with Gasteiger partial charge in [-0.25, -0.2) is 0 Å². The quantitative estimate of drug-likeness (QED) is 0.745. The molecule has 114 valence electrons. The van der Waals surface area contributed by atoms with Crippen LogP contribution in [0.3, 0.4) is 0 Å². The monoisotopic (exact) mass is 288 g/mol. The summed E-state index contributed by atoms with van der Waals surface area (Å²) in [5.41, 5.74) is 0.992. The molecule has 4 aliphatic rings. The lowest BCUT2D eigenvalue weighted by atomic mass is 9.51. The van der Waals surface area contributed by atoms with E-state index in [4.69, 9.17) is 0 Å².